The van der Waals surface area contributed by atoms with Gasteiger partial charge in [-0.15, -0.1) is 5.10 Å². The van der Waals surface area contributed by atoms with Gasteiger partial charge in [-0.2, -0.15) is 0 Å². The van der Waals surface area contributed by atoms with Gasteiger partial charge < -0.3 is 10.1 Å². The lowest BCUT2D eigenvalue weighted by molar-refractivity contribution is -0.116. The first-order valence-corrected chi connectivity index (χ1v) is 15.7. The van der Waals surface area contributed by atoms with E-state index in [2.05, 4.69) is 44.6 Å². The molecule has 7 heteroatoms. The third-order valence-corrected chi connectivity index (χ3v) is 9.36. The number of aromatic nitrogens is 3. The minimum atomic E-state index is -0.404. The van der Waals surface area contributed by atoms with Crippen molar-refractivity contribution in [3.63, 3.8) is 0 Å². The van der Waals surface area contributed by atoms with E-state index in [1.54, 1.807) is 6.07 Å². The molecule has 6 nitrogen and oxygen atoms in total. The summed E-state index contributed by atoms with van der Waals surface area (Å²) >= 11 is 0. The Balaban J connectivity index is 1.47. The number of hydrogen-bond acceptors (Lipinski definition) is 4. The first-order chi connectivity index (χ1) is 19.1. The van der Waals surface area contributed by atoms with Crippen LogP contribution >= 0.6 is 0 Å². The Hall–Kier alpha value is -2.28. The highest BCUT2D eigenvalue weighted by Crippen LogP contribution is 2.50. The number of halogens is 1. The second-order valence-electron chi connectivity index (χ2n) is 13.5. The monoisotopic (exact) mass is 554 g/mol. The molecule has 0 radical (unpaired) electrons. The number of rotatable bonds is 16. The van der Waals surface area contributed by atoms with Crippen molar-refractivity contribution in [3.8, 4) is 0 Å². The second-order valence-corrected chi connectivity index (χ2v) is 13.5. The van der Waals surface area contributed by atoms with Gasteiger partial charge in [0.1, 0.15) is 5.82 Å². The quantitative estimate of drug-likeness (QED) is 0.212. The summed E-state index contributed by atoms with van der Waals surface area (Å²) in [6.07, 6.45) is 9.96. The number of carbonyl (C=O) groups is 1. The summed E-state index contributed by atoms with van der Waals surface area (Å²) in [5, 5.41) is 12.3. The van der Waals surface area contributed by atoms with Gasteiger partial charge in [0, 0.05) is 31.5 Å². The van der Waals surface area contributed by atoms with Gasteiger partial charge in [0.25, 0.3) is 0 Å². The van der Waals surface area contributed by atoms with Gasteiger partial charge in [-0.05, 0) is 93.2 Å². The second kappa shape index (κ2) is 13.6. The summed E-state index contributed by atoms with van der Waals surface area (Å²) in [4.78, 5) is 13.2. The molecule has 2 saturated carbocycles. The Kier molecular flexibility index (Phi) is 10.4. The average molecular weight is 555 g/mol. The number of amides is 1. The SMILES string of the molecule is CCCCOCCC[C@@H](CC(=O)Nc1ccc(C)cc1F)c1nnn(C2CC(CC(C)(C)C(C)C)C2)c1C1CC1. The van der Waals surface area contributed by atoms with Crippen LogP contribution in [0.15, 0.2) is 18.2 Å². The normalized spacial score (nSPS) is 20.0. The number of anilines is 1. The smallest absolute Gasteiger partial charge is 0.225 e. The topological polar surface area (TPSA) is 69.0 Å². The van der Waals surface area contributed by atoms with Gasteiger partial charge in [0.05, 0.1) is 23.1 Å². The molecule has 0 aliphatic heterocycles. The average Bonchev–Trinajstić information content (AvgIpc) is 3.62. The molecule has 1 aromatic carbocycles. The predicted octanol–water partition coefficient (Wildman–Crippen LogP) is 8.34. The molecule has 2 aromatic rings. The highest BCUT2D eigenvalue weighted by molar-refractivity contribution is 5.91. The van der Waals surface area contributed by atoms with E-state index in [-0.39, 0.29) is 23.9 Å². The van der Waals surface area contributed by atoms with E-state index in [1.807, 2.05) is 13.0 Å². The number of carbonyl (C=O) groups excluding carboxylic acids is 1. The van der Waals surface area contributed by atoms with Crippen LogP contribution in [0, 0.1) is 30.0 Å². The molecular weight excluding hydrogens is 503 g/mol. The van der Waals surface area contributed by atoms with E-state index in [0.29, 0.717) is 29.9 Å². The molecule has 2 aliphatic rings. The van der Waals surface area contributed by atoms with Crippen molar-refractivity contribution in [1.29, 1.82) is 0 Å². The summed E-state index contributed by atoms with van der Waals surface area (Å²) in [7, 11) is 0. The zero-order chi connectivity index (χ0) is 28.9. The molecule has 2 aliphatic carbocycles. The van der Waals surface area contributed by atoms with Crippen LogP contribution < -0.4 is 5.32 Å². The molecule has 4 rings (SSSR count). The minimum Gasteiger partial charge on any atom is -0.381 e. The molecule has 1 heterocycles. The maximum Gasteiger partial charge on any atom is 0.225 e. The summed E-state index contributed by atoms with van der Waals surface area (Å²) in [5.41, 5.74) is 3.62. The summed E-state index contributed by atoms with van der Waals surface area (Å²) in [6.45, 7) is 14.9. The summed E-state index contributed by atoms with van der Waals surface area (Å²) in [6, 6.07) is 5.30. The predicted molar refractivity (Wildman–Crippen MR) is 159 cm³/mol. The molecule has 0 bridgehead atoms. The van der Waals surface area contributed by atoms with E-state index in [0.717, 1.165) is 75.1 Å². The molecule has 40 heavy (non-hydrogen) atoms. The molecule has 0 spiro atoms. The van der Waals surface area contributed by atoms with Gasteiger partial charge in [-0.25, -0.2) is 9.07 Å². The number of hydrogen-bond donors (Lipinski definition) is 1. The lowest BCUT2D eigenvalue weighted by atomic mass is 9.67. The third-order valence-electron chi connectivity index (χ3n) is 9.36. The van der Waals surface area contributed by atoms with Crippen molar-refractivity contribution in [2.24, 2.45) is 17.3 Å². The van der Waals surface area contributed by atoms with Gasteiger partial charge in [0.15, 0.2) is 0 Å². The zero-order valence-corrected chi connectivity index (χ0v) is 25.6. The molecule has 1 amide bonds. The van der Waals surface area contributed by atoms with Crippen LogP contribution in [-0.4, -0.2) is 34.1 Å². The van der Waals surface area contributed by atoms with Crippen molar-refractivity contribution in [2.45, 2.75) is 124 Å². The Morgan fingerprint density at radius 3 is 2.58 bits per heavy atom. The van der Waals surface area contributed by atoms with Crippen LogP contribution in [0.5, 0.6) is 0 Å². The maximum atomic E-state index is 14.5. The molecule has 1 atom stereocenters. The number of benzene rings is 1. The number of ether oxygens (including phenoxy) is 1. The fourth-order valence-corrected chi connectivity index (χ4v) is 5.94. The highest BCUT2D eigenvalue weighted by Gasteiger charge is 2.41. The van der Waals surface area contributed by atoms with Crippen LogP contribution in [0.25, 0.3) is 0 Å². The number of aryl methyl sites for hydroxylation is 1. The Bertz CT molecular complexity index is 1120. The van der Waals surface area contributed by atoms with Crippen molar-refractivity contribution in [2.75, 3.05) is 18.5 Å². The fraction of sp³-hybridized carbons (Fsp3) is 0.727. The molecule has 2 fully saturated rings. The van der Waals surface area contributed by atoms with Crippen molar-refractivity contribution >= 4 is 11.6 Å². The largest absolute Gasteiger partial charge is 0.381 e. The third kappa shape index (κ3) is 7.92. The van der Waals surface area contributed by atoms with E-state index in [9.17, 15) is 9.18 Å². The Morgan fingerprint density at radius 2 is 1.93 bits per heavy atom. The van der Waals surface area contributed by atoms with E-state index in [4.69, 9.17) is 15.0 Å². The van der Waals surface area contributed by atoms with Gasteiger partial charge in [-0.1, -0.05) is 52.3 Å². The van der Waals surface area contributed by atoms with E-state index in [1.165, 1.54) is 18.2 Å². The van der Waals surface area contributed by atoms with Crippen LogP contribution in [0.4, 0.5) is 10.1 Å². The molecule has 1 aromatic heterocycles. The van der Waals surface area contributed by atoms with Crippen LogP contribution in [0.3, 0.4) is 0 Å². The van der Waals surface area contributed by atoms with Gasteiger partial charge in [-0.3, -0.25) is 4.79 Å². The first-order valence-electron chi connectivity index (χ1n) is 15.7. The lowest BCUT2D eigenvalue weighted by Gasteiger charge is -2.42. The molecular formula is C33H51FN4O2. The van der Waals surface area contributed by atoms with Crippen molar-refractivity contribution < 1.29 is 13.9 Å². The zero-order valence-electron chi connectivity index (χ0n) is 25.6. The van der Waals surface area contributed by atoms with Crippen LogP contribution in [0.1, 0.15) is 134 Å². The number of unbranched alkanes of at least 4 members (excludes halogenated alkanes) is 1. The van der Waals surface area contributed by atoms with E-state index < -0.39 is 5.82 Å². The van der Waals surface area contributed by atoms with Gasteiger partial charge >= 0.3 is 0 Å². The molecule has 0 saturated heterocycles. The van der Waals surface area contributed by atoms with Crippen molar-refractivity contribution in [1.82, 2.24) is 15.0 Å². The molecule has 1 N–H and O–H groups in total. The minimum absolute atomic E-state index is 0.0663. The summed E-state index contributed by atoms with van der Waals surface area (Å²) in [5.74, 6) is 1.22. The number of nitrogens with zero attached hydrogens (tertiary/aromatic N) is 3. The van der Waals surface area contributed by atoms with Crippen molar-refractivity contribution in [3.05, 3.63) is 41.0 Å². The van der Waals surface area contributed by atoms with Crippen LogP contribution in [0.2, 0.25) is 0 Å². The maximum absolute atomic E-state index is 14.5. The Morgan fingerprint density at radius 1 is 1.20 bits per heavy atom. The van der Waals surface area contributed by atoms with Gasteiger partial charge in [0.2, 0.25) is 5.91 Å². The summed E-state index contributed by atoms with van der Waals surface area (Å²) < 4.78 is 22.5. The number of nitrogens with one attached hydrogen (secondary N) is 1. The van der Waals surface area contributed by atoms with Crippen LogP contribution in [-0.2, 0) is 9.53 Å². The molecule has 0 unspecified atom stereocenters. The molecule has 222 valence electrons. The van der Waals surface area contributed by atoms with E-state index >= 15 is 0 Å². The lowest BCUT2D eigenvalue weighted by Crippen LogP contribution is -2.33. The Labute approximate surface area is 240 Å². The standard InChI is InChI=1S/C33H51FN4O2/c1-7-8-15-40-16-9-10-26(20-30(39)35-29-14-11-23(4)17-28(29)34)31-32(25-12-13-25)38(37-36-31)27-18-24(19-27)21-33(5,6)22(2)3/h11,14,17,22,24-27H,7-10,12-13,15-16,18-21H2,1-6H3,(H,35,39)/t24?,26-,27?/m0/s1. The highest BCUT2D eigenvalue weighted by atomic mass is 19.1. The fourth-order valence-electron chi connectivity index (χ4n) is 5.94. The first kappa shape index (κ1) is 30.7.